The molecule has 0 fully saturated rings. The van der Waals surface area contributed by atoms with Gasteiger partial charge in [-0.2, -0.15) is 0 Å². The number of benzene rings is 2. The maximum absolute atomic E-state index is 12.6. The molecule has 1 atom stereocenters. The second-order valence-corrected chi connectivity index (χ2v) is 6.24. The zero-order valence-corrected chi connectivity index (χ0v) is 14.3. The molecule has 0 spiro atoms. The third kappa shape index (κ3) is 2.80. The molecule has 1 unspecified atom stereocenters. The van der Waals surface area contributed by atoms with E-state index in [2.05, 4.69) is 10.6 Å². The van der Waals surface area contributed by atoms with Crippen LogP contribution in [0.1, 0.15) is 27.6 Å². The number of amides is 4. The van der Waals surface area contributed by atoms with Crippen molar-refractivity contribution in [1.82, 2.24) is 4.90 Å². The van der Waals surface area contributed by atoms with Crippen LogP contribution in [0.3, 0.4) is 0 Å². The van der Waals surface area contributed by atoms with Crippen LogP contribution in [-0.4, -0.2) is 41.2 Å². The van der Waals surface area contributed by atoms with Gasteiger partial charge in [-0.1, -0.05) is 12.1 Å². The molecule has 0 aromatic heterocycles. The summed E-state index contributed by atoms with van der Waals surface area (Å²) >= 11 is 0. The van der Waals surface area contributed by atoms with Crippen LogP contribution in [0.2, 0.25) is 0 Å². The van der Waals surface area contributed by atoms with Crippen LogP contribution in [0.15, 0.2) is 42.5 Å². The van der Waals surface area contributed by atoms with Crippen molar-refractivity contribution in [3.8, 4) is 5.75 Å². The number of hydrogen-bond donors (Lipinski definition) is 2. The molecule has 0 radical (unpaired) electrons. The van der Waals surface area contributed by atoms with Gasteiger partial charge in [0.25, 0.3) is 17.7 Å². The van der Waals surface area contributed by atoms with Gasteiger partial charge in [0, 0.05) is 5.69 Å². The van der Waals surface area contributed by atoms with E-state index in [4.69, 9.17) is 4.74 Å². The van der Waals surface area contributed by atoms with Crippen molar-refractivity contribution in [3.05, 3.63) is 53.6 Å². The normalized spacial score (nSPS) is 16.2. The number of nitrogens with zero attached hydrogens (tertiary/aromatic N) is 1. The van der Waals surface area contributed by atoms with Gasteiger partial charge in [0.05, 0.1) is 16.8 Å². The number of imide groups is 1. The first kappa shape index (κ1) is 16.8. The van der Waals surface area contributed by atoms with Crippen LogP contribution in [-0.2, 0) is 9.59 Å². The lowest BCUT2D eigenvalue weighted by atomic mass is 10.1. The second kappa shape index (κ2) is 6.24. The minimum atomic E-state index is -1.00. The Bertz CT molecular complexity index is 966. The second-order valence-electron chi connectivity index (χ2n) is 6.24. The molecule has 27 heavy (non-hydrogen) atoms. The lowest BCUT2D eigenvalue weighted by Gasteiger charge is -2.22. The van der Waals surface area contributed by atoms with Crippen molar-refractivity contribution in [2.75, 3.05) is 17.2 Å². The Morgan fingerprint density at radius 3 is 2.44 bits per heavy atom. The Morgan fingerprint density at radius 2 is 1.78 bits per heavy atom. The molecule has 2 heterocycles. The Kier molecular flexibility index (Phi) is 3.88. The molecule has 0 aliphatic carbocycles. The molecule has 8 heteroatoms. The van der Waals surface area contributed by atoms with Gasteiger partial charge in [-0.3, -0.25) is 24.1 Å². The summed E-state index contributed by atoms with van der Waals surface area (Å²) in [5.41, 5.74) is 1.43. The zero-order chi connectivity index (χ0) is 19.1. The standard InChI is InChI=1S/C19H15N3O5/c1-10(22-18(25)12-4-2-3-5-13(12)19(22)26)17(24)20-11-6-7-15-14(8-11)21-16(23)9-27-15/h2-8,10H,9H2,1H3,(H,20,24)(H,21,23). The first-order chi connectivity index (χ1) is 13.0. The van der Waals surface area contributed by atoms with Crippen LogP contribution in [0.4, 0.5) is 11.4 Å². The Labute approximate surface area is 154 Å². The van der Waals surface area contributed by atoms with Crippen molar-refractivity contribution in [2.45, 2.75) is 13.0 Å². The Hall–Kier alpha value is -3.68. The van der Waals surface area contributed by atoms with E-state index in [0.717, 1.165) is 4.90 Å². The van der Waals surface area contributed by atoms with Gasteiger partial charge in [0.15, 0.2) is 6.61 Å². The summed E-state index contributed by atoms with van der Waals surface area (Å²) < 4.78 is 5.27. The van der Waals surface area contributed by atoms with Crippen molar-refractivity contribution in [1.29, 1.82) is 0 Å². The number of fused-ring (bicyclic) bond motifs is 2. The summed E-state index contributed by atoms with van der Waals surface area (Å²) in [4.78, 5) is 50.0. The Balaban J connectivity index is 1.52. The average Bonchev–Trinajstić information content (AvgIpc) is 2.92. The van der Waals surface area contributed by atoms with Crippen LogP contribution in [0.25, 0.3) is 0 Å². The third-order valence-corrected chi connectivity index (χ3v) is 4.47. The van der Waals surface area contributed by atoms with Crippen molar-refractivity contribution >= 4 is 35.0 Å². The van der Waals surface area contributed by atoms with E-state index in [1.807, 2.05) is 0 Å². The highest BCUT2D eigenvalue weighted by molar-refractivity contribution is 6.23. The number of ether oxygens (including phenoxy) is 1. The third-order valence-electron chi connectivity index (χ3n) is 4.47. The fraction of sp³-hybridized carbons (Fsp3) is 0.158. The minimum absolute atomic E-state index is 0.0600. The van der Waals surface area contributed by atoms with Crippen LogP contribution < -0.4 is 15.4 Å². The highest BCUT2D eigenvalue weighted by Gasteiger charge is 2.40. The maximum atomic E-state index is 12.6. The van der Waals surface area contributed by atoms with E-state index in [1.54, 1.807) is 42.5 Å². The van der Waals surface area contributed by atoms with Crippen LogP contribution in [0, 0.1) is 0 Å². The predicted octanol–water partition coefficient (Wildman–Crippen LogP) is 1.64. The first-order valence-electron chi connectivity index (χ1n) is 8.30. The van der Waals surface area contributed by atoms with E-state index in [1.165, 1.54) is 6.92 Å². The topological polar surface area (TPSA) is 105 Å². The van der Waals surface area contributed by atoms with Gasteiger partial charge in [-0.25, -0.2) is 0 Å². The molecule has 0 bridgehead atoms. The van der Waals surface area contributed by atoms with Crippen LogP contribution >= 0.6 is 0 Å². The number of carbonyl (C=O) groups is 4. The van der Waals surface area contributed by atoms with Crippen LogP contribution in [0.5, 0.6) is 5.75 Å². The van der Waals surface area contributed by atoms with Crippen molar-refractivity contribution in [2.24, 2.45) is 0 Å². The molecule has 2 N–H and O–H groups in total. The summed E-state index contributed by atoms with van der Waals surface area (Å²) in [6.45, 7) is 1.43. The number of carbonyl (C=O) groups excluding carboxylic acids is 4. The number of anilines is 2. The van der Waals surface area contributed by atoms with E-state index in [0.29, 0.717) is 17.1 Å². The number of rotatable bonds is 3. The smallest absolute Gasteiger partial charge is 0.262 e. The van der Waals surface area contributed by atoms with Gasteiger partial charge in [-0.15, -0.1) is 0 Å². The lowest BCUT2D eigenvalue weighted by Crippen LogP contribution is -2.45. The maximum Gasteiger partial charge on any atom is 0.262 e. The fourth-order valence-electron chi connectivity index (χ4n) is 3.08. The van der Waals surface area contributed by atoms with E-state index in [-0.39, 0.29) is 23.6 Å². The van der Waals surface area contributed by atoms with Crippen molar-refractivity contribution < 1.29 is 23.9 Å². The highest BCUT2D eigenvalue weighted by atomic mass is 16.5. The molecule has 136 valence electrons. The summed E-state index contributed by atoms with van der Waals surface area (Å²) in [5, 5.41) is 5.31. The summed E-state index contributed by atoms with van der Waals surface area (Å²) in [6.07, 6.45) is 0. The van der Waals surface area contributed by atoms with Gasteiger partial charge in [-0.05, 0) is 37.3 Å². The van der Waals surface area contributed by atoms with Gasteiger partial charge in [0.2, 0.25) is 5.91 Å². The van der Waals surface area contributed by atoms with Gasteiger partial charge < -0.3 is 15.4 Å². The largest absolute Gasteiger partial charge is 0.482 e. The molecular weight excluding hydrogens is 350 g/mol. The number of nitrogens with one attached hydrogen (secondary N) is 2. The SMILES string of the molecule is CC(C(=O)Nc1ccc2c(c1)NC(=O)CO2)N1C(=O)c2ccccc2C1=O. The highest BCUT2D eigenvalue weighted by Crippen LogP contribution is 2.31. The monoisotopic (exact) mass is 365 g/mol. The molecular formula is C19H15N3O5. The first-order valence-corrected chi connectivity index (χ1v) is 8.30. The number of hydrogen-bond acceptors (Lipinski definition) is 5. The van der Waals surface area contributed by atoms with E-state index < -0.39 is 23.8 Å². The zero-order valence-electron chi connectivity index (χ0n) is 14.3. The minimum Gasteiger partial charge on any atom is -0.482 e. The molecule has 4 amide bonds. The molecule has 8 nitrogen and oxygen atoms in total. The molecule has 2 aromatic rings. The lowest BCUT2D eigenvalue weighted by molar-refractivity contribution is -0.119. The molecule has 2 aliphatic rings. The van der Waals surface area contributed by atoms with Crippen molar-refractivity contribution in [3.63, 3.8) is 0 Å². The fourth-order valence-corrected chi connectivity index (χ4v) is 3.08. The molecule has 2 aliphatic heterocycles. The van der Waals surface area contributed by atoms with E-state index in [9.17, 15) is 19.2 Å². The Morgan fingerprint density at radius 1 is 1.11 bits per heavy atom. The molecule has 0 saturated heterocycles. The molecule has 0 saturated carbocycles. The van der Waals surface area contributed by atoms with Gasteiger partial charge >= 0.3 is 0 Å². The summed E-state index contributed by atoms with van der Waals surface area (Å²) in [6, 6.07) is 10.3. The predicted molar refractivity (Wildman–Crippen MR) is 95.6 cm³/mol. The molecule has 2 aromatic carbocycles. The molecule has 4 rings (SSSR count). The van der Waals surface area contributed by atoms with Gasteiger partial charge in [0.1, 0.15) is 11.8 Å². The van der Waals surface area contributed by atoms with E-state index >= 15 is 0 Å². The summed E-state index contributed by atoms with van der Waals surface area (Å²) in [7, 11) is 0. The summed E-state index contributed by atoms with van der Waals surface area (Å²) in [5.74, 6) is -1.30. The quantitative estimate of drug-likeness (QED) is 0.805. The average molecular weight is 365 g/mol.